The Balaban J connectivity index is 1.72. The Morgan fingerprint density at radius 1 is 1.00 bits per heavy atom. The molecule has 1 aliphatic rings. The predicted molar refractivity (Wildman–Crippen MR) is 80.5 cm³/mol. The summed E-state index contributed by atoms with van der Waals surface area (Å²) in [4.78, 5) is 10.6. The summed E-state index contributed by atoms with van der Waals surface area (Å²) in [6, 6.07) is 8.07. The summed E-state index contributed by atoms with van der Waals surface area (Å²) in [5.74, 6) is 1.94. The number of aldehydes is 1. The monoisotopic (exact) mass is 258 g/mol. The Labute approximate surface area is 117 Å². The summed E-state index contributed by atoms with van der Waals surface area (Å²) >= 11 is 0. The Morgan fingerprint density at radius 2 is 1.58 bits per heavy atom. The van der Waals surface area contributed by atoms with E-state index >= 15 is 0 Å². The molecule has 0 aliphatic heterocycles. The van der Waals surface area contributed by atoms with Gasteiger partial charge >= 0.3 is 0 Å². The molecule has 0 N–H and O–H groups in total. The van der Waals surface area contributed by atoms with Gasteiger partial charge in [0.1, 0.15) is 6.29 Å². The van der Waals surface area contributed by atoms with Gasteiger partial charge in [-0.1, -0.05) is 69.7 Å². The summed E-state index contributed by atoms with van der Waals surface area (Å²) in [5, 5.41) is 0. The number of carbonyl (C=O) groups excluding carboxylic acids is 1. The molecule has 1 aromatic rings. The predicted octanol–water partition coefficient (Wildman–Crippen LogP) is 5.04. The van der Waals surface area contributed by atoms with E-state index in [9.17, 15) is 4.79 Å². The van der Waals surface area contributed by atoms with E-state index in [1.54, 1.807) is 0 Å². The van der Waals surface area contributed by atoms with Crippen molar-refractivity contribution in [1.82, 2.24) is 0 Å². The molecule has 104 valence electrons. The largest absolute Gasteiger partial charge is 0.298 e. The van der Waals surface area contributed by atoms with Crippen molar-refractivity contribution >= 4 is 6.29 Å². The Hall–Kier alpha value is -1.11. The van der Waals surface area contributed by atoms with Crippen molar-refractivity contribution in [2.75, 3.05) is 0 Å². The SMILES string of the molecule is CCCC1CCC(CCc2ccc(C=O)cc2)CC1. The van der Waals surface area contributed by atoms with Crippen LogP contribution in [0.25, 0.3) is 0 Å². The van der Waals surface area contributed by atoms with E-state index in [2.05, 4.69) is 19.1 Å². The van der Waals surface area contributed by atoms with Gasteiger partial charge in [0.2, 0.25) is 0 Å². The zero-order valence-electron chi connectivity index (χ0n) is 12.1. The number of aryl methyl sites for hydroxylation is 1. The molecule has 1 aliphatic carbocycles. The number of rotatable bonds is 6. The molecule has 2 rings (SSSR count). The molecule has 1 fully saturated rings. The lowest BCUT2D eigenvalue weighted by Crippen LogP contribution is -2.15. The van der Waals surface area contributed by atoms with Crippen molar-refractivity contribution in [3.05, 3.63) is 35.4 Å². The number of benzene rings is 1. The van der Waals surface area contributed by atoms with Crippen LogP contribution in [0.1, 0.15) is 67.8 Å². The third-order valence-corrected chi connectivity index (χ3v) is 4.62. The molecule has 0 radical (unpaired) electrons. The van der Waals surface area contributed by atoms with E-state index < -0.39 is 0 Å². The zero-order valence-corrected chi connectivity index (χ0v) is 12.1. The first-order chi connectivity index (χ1) is 9.31. The van der Waals surface area contributed by atoms with Crippen LogP contribution < -0.4 is 0 Å². The van der Waals surface area contributed by atoms with Crippen LogP contribution in [-0.2, 0) is 6.42 Å². The molecule has 0 saturated heterocycles. The van der Waals surface area contributed by atoms with E-state index in [0.29, 0.717) is 0 Å². The summed E-state index contributed by atoms with van der Waals surface area (Å²) in [6.07, 6.45) is 11.9. The van der Waals surface area contributed by atoms with Crippen molar-refractivity contribution in [1.29, 1.82) is 0 Å². The molecule has 0 aromatic heterocycles. The third kappa shape index (κ3) is 4.49. The lowest BCUT2D eigenvalue weighted by molar-refractivity contribution is 0.112. The molecule has 0 spiro atoms. The standard InChI is InChI=1S/C18H26O/c1-2-3-15-4-6-16(7-5-15)8-9-17-10-12-18(14-19)13-11-17/h10-16H,2-9H2,1H3. The highest BCUT2D eigenvalue weighted by Crippen LogP contribution is 2.33. The summed E-state index contributed by atoms with van der Waals surface area (Å²) in [6.45, 7) is 2.30. The highest BCUT2D eigenvalue weighted by Gasteiger charge is 2.20. The molecule has 0 atom stereocenters. The van der Waals surface area contributed by atoms with Gasteiger partial charge in [0.25, 0.3) is 0 Å². The minimum atomic E-state index is 0.781. The van der Waals surface area contributed by atoms with E-state index in [-0.39, 0.29) is 0 Å². The first-order valence-electron chi connectivity index (χ1n) is 7.86. The van der Waals surface area contributed by atoms with Crippen molar-refractivity contribution in [2.45, 2.75) is 58.3 Å². The van der Waals surface area contributed by atoms with Gasteiger partial charge < -0.3 is 0 Å². The molecule has 0 amide bonds. The third-order valence-electron chi connectivity index (χ3n) is 4.62. The maximum atomic E-state index is 10.6. The summed E-state index contributed by atoms with van der Waals surface area (Å²) in [7, 11) is 0. The minimum Gasteiger partial charge on any atom is -0.298 e. The molecule has 0 heterocycles. The average molecular weight is 258 g/mol. The molecule has 1 aromatic carbocycles. The molecule has 19 heavy (non-hydrogen) atoms. The van der Waals surface area contributed by atoms with Crippen LogP contribution in [0.2, 0.25) is 0 Å². The maximum Gasteiger partial charge on any atom is 0.150 e. The van der Waals surface area contributed by atoms with Gasteiger partial charge in [-0.3, -0.25) is 4.79 Å². The topological polar surface area (TPSA) is 17.1 Å². The Bertz CT molecular complexity index is 371. The lowest BCUT2D eigenvalue weighted by Gasteiger charge is -2.28. The first kappa shape index (κ1) is 14.3. The van der Waals surface area contributed by atoms with Crippen LogP contribution in [-0.4, -0.2) is 6.29 Å². The molecule has 1 nitrogen and oxygen atoms in total. The molecular formula is C18H26O. The fourth-order valence-electron chi connectivity index (χ4n) is 3.35. The van der Waals surface area contributed by atoms with Crippen molar-refractivity contribution in [3.8, 4) is 0 Å². The van der Waals surface area contributed by atoms with E-state index in [1.165, 1.54) is 56.9 Å². The van der Waals surface area contributed by atoms with Gasteiger partial charge in [0.15, 0.2) is 0 Å². The van der Waals surface area contributed by atoms with Gasteiger partial charge in [-0.25, -0.2) is 0 Å². The van der Waals surface area contributed by atoms with E-state index in [4.69, 9.17) is 0 Å². The molecule has 1 heteroatoms. The maximum absolute atomic E-state index is 10.6. The number of hydrogen-bond acceptors (Lipinski definition) is 1. The van der Waals surface area contributed by atoms with Crippen LogP contribution in [0.15, 0.2) is 24.3 Å². The second-order valence-corrected chi connectivity index (χ2v) is 6.07. The fraction of sp³-hybridized carbons (Fsp3) is 0.611. The highest BCUT2D eigenvalue weighted by molar-refractivity contribution is 5.74. The first-order valence-corrected chi connectivity index (χ1v) is 7.86. The quantitative estimate of drug-likeness (QED) is 0.653. The summed E-state index contributed by atoms with van der Waals surface area (Å²) < 4.78 is 0. The summed E-state index contributed by atoms with van der Waals surface area (Å²) in [5.41, 5.74) is 2.16. The molecule has 1 saturated carbocycles. The van der Waals surface area contributed by atoms with E-state index in [1.807, 2.05) is 12.1 Å². The smallest absolute Gasteiger partial charge is 0.150 e. The van der Waals surface area contributed by atoms with Crippen molar-refractivity contribution in [3.63, 3.8) is 0 Å². The lowest BCUT2D eigenvalue weighted by atomic mass is 9.78. The fourth-order valence-corrected chi connectivity index (χ4v) is 3.35. The Morgan fingerprint density at radius 3 is 2.11 bits per heavy atom. The second-order valence-electron chi connectivity index (χ2n) is 6.07. The number of carbonyl (C=O) groups is 1. The number of hydrogen-bond donors (Lipinski definition) is 0. The van der Waals surface area contributed by atoms with Gasteiger partial charge in [-0.2, -0.15) is 0 Å². The van der Waals surface area contributed by atoms with Gasteiger partial charge in [-0.15, -0.1) is 0 Å². The average Bonchev–Trinajstić information content (AvgIpc) is 2.47. The van der Waals surface area contributed by atoms with Crippen molar-refractivity contribution < 1.29 is 4.79 Å². The van der Waals surface area contributed by atoms with Crippen LogP contribution in [0.5, 0.6) is 0 Å². The van der Waals surface area contributed by atoms with E-state index in [0.717, 1.165) is 23.7 Å². The molecule has 0 bridgehead atoms. The normalized spacial score (nSPS) is 23.2. The second kappa shape index (κ2) is 7.47. The molecule has 0 unspecified atom stereocenters. The highest BCUT2D eigenvalue weighted by atomic mass is 16.1. The zero-order chi connectivity index (χ0) is 13.5. The van der Waals surface area contributed by atoms with Crippen LogP contribution in [0.4, 0.5) is 0 Å². The van der Waals surface area contributed by atoms with Gasteiger partial charge in [0, 0.05) is 5.56 Å². The molecular weight excluding hydrogens is 232 g/mol. The van der Waals surface area contributed by atoms with Gasteiger partial charge in [0.05, 0.1) is 0 Å². The van der Waals surface area contributed by atoms with Crippen LogP contribution in [0.3, 0.4) is 0 Å². The Kier molecular flexibility index (Phi) is 5.62. The van der Waals surface area contributed by atoms with Crippen LogP contribution >= 0.6 is 0 Å². The van der Waals surface area contributed by atoms with Crippen molar-refractivity contribution in [2.24, 2.45) is 11.8 Å². The van der Waals surface area contributed by atoms with Crippen LogP contribution in [0, 0.1) is 11.8 Å². The minimum absolute atomic E-state index is 0.781. The van der Waals surface area contributed by atoms with Gasteiger partial charge in [-0.05, 0) is 30.2 Å².